The summed E-state index contributed by atoms with van der Waals surface area (Å²) in [6, 6.07) is 0. The summed E-state index contributed by atoms with van der Waals surface area (Å²) in [7, 11) is 0. The van der Waals surface area contributed by atoms with E-state index in [1.807, 2.05) is 0 Å². The number of rotatable bonds is 14. The van der Waals surface area contributed by atoms with Crippen LogP contribution in [0.4, 0.5) is 0 Å². The summed E-state index contributed by atoms with van der Waals surface area (Å²) in [6.07, 6.45) is 12.1. The molecule has 0 aromatic heterocycles. The molecule has 5 rings (SSSR count). The minimum atomic E-state index is -0.894. The third-order valence-electron chi connectivity index (χ3n) is 15.7. The smallest absolute Gasteiger partial charge is 0.310 e. The number of aliphatic carboxylic acids is 3. The van der Waals surface area contributed by atoms with E-state index in [2.05, 4.69) is 47.6 Å². The summed E-state index contributed by atoms with van der Waals surface area (Å²) >= 11 is 0. The Morgan fingerprint density at radius 1 is 0.712 bits per heavy atom. The van der Waals surface area contributed by atoms with E-state index in [9.17, 15) is 29.1 Å². The van der Waals surface area contributed by atoms with Gasteiger partial charge >= 0.3 is 29.8 Å². The molecule has 5 aliphatic carbocycles. The monoisotopic (exact) mass is 728 g/mol. The molecule has 3 N–H and O–H groups in total. The second kappa shape index (κ2) is 14.7. The molecule has 10 heteroatoms. The molecule has 0 bridgehead atoms. The molecule has 0 aliphatic heterocycles. The predicted octanol–water partition coefficient (Wildman–Crippen LogP) is 8.60. The molecule has 4 fully saturated rings. The van der Waals surface area contributed by atoms with Crippen molar-refractivity contribution in [2.75, 3.05) is 6.61 Å². The Labute approximate surface area is 309 Å². The van der Waals surface area contributed by atoms with E-state index in [1.54, 1.807) is 0 Å². The second-order valence-corrected chi connectivity index (χ2v) is 19.1. The number of carbonyl (C=O) groups is 5. The van der Waals surface area contributed by atoms with Gasteiger partial charge in [-0.15, -0.1) is 0 Å². The molecule has 0 radical (unpaired) electrons. The summed E-state index contributed by atoms with van der Waals surface area (Å²) in [5, 5.41) is 28.7. The largest absolute Gasteiger partial charge is 0.481 e. The topological polar surface area (TPSA) is 164 Å². The number of fused-ring (bicyclic) bond motifs is 7. The van der Waals surface area contributed by atoms with Gasteiger partial charge in [0, 0.05) is 31.1 Å². The first-order valence-electron chi connectivity index (χ1n) is 20.0. The first-order valence-corrected chi connectivity index (χ1v) is 20.0. The maximum absolute atomic E-state index is 13.2. The van der Waals surface area contributed by atoms with Crippen molar-refractivity contribution < 1.29 is 48.8 Å². The van der Waals surface area contributed by atoms with Crippen LogP contribution in [0.25, 0.3) is 0 Å². The maximum Gasteiger partial charge on any atom is 0.310 e. The van der Waals surface area contributed by atoms with Gasteiger partial charge in [-0.3, -0.25) is 24.0 Å². The van der Waals surface area contributed by atoms with Crippen molar-refractivity contribution in [1.29, 1.82) is 0 Å². The number of unbranched alkanes of at least 4 members (excludes halogenated alkanes) is 2. The van der Waals surface area contributed by atoms with Crippen LogP contribution in [-0.4, -0.2) is 57.9 Å². The SMILES string of the molecule is CC1(C)CC[C@]2(C(=O)O)CC[C@]3(C)C(=CC[C@@H]4[C@@]5(C)CC[C@H](OC(=O)CCCCC(=O)O)C(C)(COC(=O)CCCCC(=O)O)[C@@H]5CC[C@]43C)[C@@H]2C1. The van der Waals surface area contributed by atoms with Crippen LogP contribution in [0.15, 0.2) is 11.6 Å². The van der Waals surface area contributed by atoms with Crippen LogP contribution >= 0.6 is 0 Å². The van der Waals surface area contributed by atoms with Crippen molar-refractivity contribution in [1.82, 2.24) is 0 Å². The standard InChI is InChI=1S/C42H64O10/c1-37(2)21-23-42(36(49)50)24-22-40(5)27(28(42)25-37)15-16-30-38(3)19-18-31(52-35(48)14-10-8-12-33(45)46)39(4,29(38)17-20-41(30,40)6)26-51-34(47)13-9-7-11-32(43)44/h15,28-31H,7-14,16-26H2,1-6H3,(H,43,44)(H,45,46)(H,49,50)/t28-,29+,30+,31-,38-,39?,40+,41+,42-/m0/s1. The average Bonchev–Trinajstić information content (AvgIpc) is 3.05. The van der Waals surface area contributed by atoms with Crippen LogP contribution in [0.1, 0.15) is 157 Å². The van der Waals surface area contributed by atoms with Crippen LogP contribution in [0, 0.1) is 50.2 Å². The van der Waals surface area contributed by atoms with E-state index in [4.69, 9.17) is 19.7 Å². The lowest BCUT2D eigenvalue weighted by Gasteiger charge is -2.71. The predicted molar refractivity (Wildman–Crippen MR) is 194 cm³/mol. The highest BCUT2D eigenvalue weighted by Gasteiger charge is 2.70. The number of allylic oxidation sites excluding steroid dienone is 2. The number of carboxylic acids is 3. The van der Waals surface area contributed by atoms with Crippen molar-refractivity contribution in [2.45, 2.75) is 163 Å². The number of ether oxygens (including phenoxy) is 2. The molecule has 1 unspecified atom stereocenters. The minimum Gasteiger partial charge on any atom is -0.481 e. The van der Waals surface area contributed by atoms with E-state index in [0.717, 1.165) is 51.4 Å². The number of hydrogen-bond donors (Lipinski definition) is 3. The van der Waals surface area contributed by atoms with E-state index in [-0.39, 0.29) is 77.7 Å². The normalized spacial score (nSPS) is 39.0. The third kappa shape index (κ3) is 7.17. The lowest BCUT2D eigenvalue weighted by molar-refractivity contribution is -0.227. The van der Waals surface area contributed by atoms with Gasteiger partial charge in [-0.1, -0.05) is 53.2 Å². The van der Waals surface area contributed by atoms with Crippen LogP contribution in [0.3, 0.4) is 0 Å². The van der Waals surface area contributed by atoms with Crippen LogP contribution in [0.2, 0.25) is 0 Å². The van der Waals surface area contributed by atoms with Gasteiger partial charge in [-0.05, 0) is 129 Å². The Kier molecular flexibility index (Phi) is 11.4. The Morgan fingerprint density at radius 2 is 1.31 bits per heavy atom. The van der Waals surface area contributed by atoms with Crippen molar-refractivity contribution in [3.63, 3.8) is 0 Å². The second-order valence-electron chi connectivity index (χ2n) is 19.1. The molecular formula is C42H64O10. The highest BCUT2D eigenvalue weighted by atomic mass is 16.6. The fourth-order valence-corrected chi connectivity index (χ4v) is 12.4. The van der Waals surface area contributed by atoms with Crippen molar-refractivity contribution in [2.24, 2.45) is 50.2 Å². The van der Waals surface area contributed by atoms with Gasteiger partial charge in [0.2, 0.25) is 0 Å². The number of carboxylic acid groups (broad SMARTS) is 3. The lowest BCUT2D eigenvalue weighted by Crippen LogP contribution is -2.66. The average molecular weight is 729 g/mol. The fraction of sp³-hybridized carbons (Fsp3) is 0.833. The molecule has 4 saturated carbocycles. The van der Waals surface area contributed by atoms with Gasteiger partial charge in [0.1, 0.15) is 12.7 Å². The van der Waals surface area contributed by atoms with Crippen molar-refractivity contribution in [3.8, 4) is 0 Å². The van der Waals surface area contributed by atoms with Crippen molar-refractivity contribution >= 4 is 29.8 Å². The Hall–Kier alpha value is -2.91. The van der Waals surface area contributed by atoms with Gasteiger partial charge in [0.15, 0.2) is 0 Å². The quantitative estimate of drug-likeness (QED) is 0.0896. The van der Waals surface area contributed by atoms with E-state index in [1.165, 1.54) is 5.57 Å². The highest BCUT2D eigenvalue weighted by molar-refractivity contribution is 5.77. The zero-order valence-electron chi connectivity index (χ0n) is 32.5. The van der Waals surface area contributed by atoms with Gasteiger partial charge in [0.25, 0.3) is 0 Å². The summed E-state index contributed by atoms with van der Waals surface area (Å²) in [6.45, 7) is 14.1. The third-order valence-corrected chi connectivity index (χ3v) is 15.7. The zero-order valence-corrected chi connectivity index (χ0v) is 32.5. The summed E-state index contributed by atoms with van der Waals surface area (Å²) < 4.78 is 12.2. The number of esters is 2. The van der Waals surface area contributed by atoms with E-state index < -0.39 is 34.8 Å². The molecule has 0 amide bonds. The van der Waals surface area contributed by atoms with E-state index in [0.29, 0.717) is 44.4 Å². The van der Waals surface area contributed by atoms with Crippen LogP contribution < -0.4 is 0 Å². The molecule has 9 atom stereocenters. The number of hydrogen-bond acceptors (Lipinski definition) is 7. The molecule has 0 saturated heterocycles. The molecule has 0 spiro atoms. The summed E-state index contributed by atoms with van der Waals surface area (Å²) in [4.78, 5) is 61.2. The highest BCUT2D eigenvalue weighted by Crippen LogP contribution is 2.76. The Morgan fingerprint density at radius 3 is 1.92 bits per heavy atom. The molecular weight excluding hydrogens is 664 g/mol. The molecule has 52 heavy (non-hydrogen) atoms. The lowest BCUT2D eigenvalue weighted by atomic mass is 9.33. The van der Waals surface area contributed by atoms with Crippen LogP contribution in [0.5, 0.6) is 0 Å². The minimum absolute atomic E-state index is 0.000943. The molecule has 10 nitrogen and oxygen atoms in total. The first kappa shape index (κ1) is 40.3. The van der Waals surface area contributed by atoms with Crippen LogP contribution in [-0.2, 0) is 33.4 Å². The Balaban J connectivity index is 1.42. The first-order chi connectivity index (χ1) is 24.2. The van der Waals surface area contributed by atoms with Crippen molar-refractivity contribution in [3.05, 3.63) is 11.6 Å². The molecule has 0 aromatic rings. The zero-order chi connectivity index (χ0) is 38.3. The molecule has 0 heterocycles. The van der Waals surface area contributed by atoms with Gasteiger partial charge in [-0.2, -0.15) is 0 Å². The van der Waals surface area contributed by atoms with Gasteiger partial charge in [0.05, 0.1) is 5.41 Å². The summed E-state index contributed by atoms with van der Waals surface area (Å²) in [5.41, 5.74) is -0.255. The Bertz CT molecular complexity index is 1450. The maximum atomic E-state index is 13.2. The van der Waals surface area contributed by atoms with Gasteiger partial charge in [-0.25, -0.2) is 0 Å². The molecule has 292 valence electrons. The van der Waals surface area contributed by atoms with E-state index >= 15 is 0 Å². The number of carbonyl (C=O) groups excluding carboxylic acids is 2. The molecule has 0 aromatic carbocycles. The van der Waals surface area contributed by atoms with Gasteiger partial charge < -0.3 is 24.8 Å². The summed E-state index contributed by atoms with van der Waals surface area (Å²) in [5.74, 6) is -2.74. The fourth-order valence-electron chi connectivity index (χ4n) is 12.4. The molecule has 5 aliphatic rings.